The van der Waals surface area contributed by atoms with Gasteiger partial charge in [0.2, 0.25) is 0 Å². The largest absolute Gasteiger partial charge is 0.381 e. The van der Waals surface area contributed by atoms with E-state index in [-0.39, 0.29) is 24.9 Å². The van der Waals surface area contributed by atoms with Crippen LogP contribution in [0, 0.1) is 11.7 Å². The van der Waals surface area contributed by atoms with Gasteiger partial charge in [-0.05, 0) is 54.3 Å². The van der Waals surface area contributed by atoms with Gasteiger partial charge < -0.3 is 20.2 Å². The number of aliphatic hydroxyl groups is 1. The van der Waals surface area contributed by atoms with Crippen LogP contribution < -0.4 is 10.2 Å². The first-order valence-electron chi connectivity index (χ1n) is 9.45. The molecule has 0 saturated carbocycles. The van der Waals surface area contributed by atoms with Crippen LogP contribution in [0.4, 0.5) is 14.9 Å². The van der Waals surface area contributed by atoms with Crippen molar-refractivity contribution in [2.75, 3.05) is 37.6 Å². The Morgan fingerprint density at radius 3 is 2.54 bits per heavy atom. The number of anilines is 1. The van der Waals surface area contributed by atoms with Crippen molar-refractivity contribution < 1.29 is 14.3 Å². The number of halogens is 2. The summed E-state index contributed by atoms with van der Waals surface area (Å²) in [6, 6.07) is 13.4. The van der Waals surface area contributed by atoms with E-state index in [0.29, 0.717) is 18.0 Å². The number of rotatable bonds is 4. The third-order valence-corrected chi connectivity index (χ3v) is 5.85. The Bertz CT molecular complexity index is 838. The van der Waals surface area contributed by atoms with E-state index >= 15 is 0 Å². The lowest BCUT2D eigenvalue weighted by Crippen LogP contribution is -2.63. The Morgan fingerprint density at radius 1 is 1.18 bits per heavy atom. The number of nitrogens with one attached hydrogen (secondary N) is 1. The Labute approximate surface area is 168 Å². The van der Waals surface area contributed by atoms with Crippen LogP contribution >= 0.6 is 11.6 Å². The van der Waals surface area contributed by atoms with Gasteiger partial charge in [-0.15, -0.1) is 0 Å². The molecule has 0 aliphatic carbocycles. The van der Waals surface area contributed by atoms with E-state index in [4.69, 9.17) is 11.6 Å². The number of urea groups is 1. The summed E-state index contributed by atoms with van der Waals surface area (Å²) < 4.78 is 13.0. The zero-order chi connectivity index (χ0) is 19.7. The average Bonchev–Trinajstić information content (AvgIpc) is 3.14. The zero-order valence-corrected chi connectivity index (χ0v) is 16.2. The topological polar surface area (TPSA) is 55.8 Å². The number of β-amino-alcohol motifs (C(OH)–C–C–N with tert-alkyl or cyclic N) is 1. The number of carbonyl (C=O) groups excluding carboxylic acids is 1. The molecule has 2 aromatic rings. The molecule has 2 amide bonds. The van der Waals surface area contributed by atoms with Gasteiger partial charge in [-0.2, -0.15) is 0 Å². The summed E-state index contributed by atoms with van der Waals surface area (Å²) >= 11 is 5.94. The van der Waals surface area contributed by atoms with Gasteiger partial charge in [-0.25, -0.2) is 9.18 Å². The highest BCUT2D eigenvalue weighted by atomic mass is 35.5. The standard InChI is InChI=1S/C21H23ClFN3O2/c22-17-3-7-19(8-4-17)25-10-9-15(12-25)11-24-20(27)26-13-21(28,14-26)16-1-5-18(23)6-2-16/h1-8,15,28H,9-14H2,(H,24,27). The quantitative estimate of drug-likeness (QED) is 0.824. The number of benzene rings is 2. The molecule has 1 unspecified atom stereocenters. The van der Waals surface area contributed by atoms with Gasteiger partial charge in [0, 0.05) is 30.3 Å². The van der Waals surface area contributed by atoms with E-state index in [2.05, 4.69) is 10.2 Å². The maximum atomic E-state index is 13.0. The molecule has 148 valence electrons. The molecule has 0 radical (unpaired) electrons. The van der Waals surface area contributed by atoms with Crippen LogP contribution in [0.25, 0.3) is 0 Å². The third-order valence-electron chi connectivity index (χ3n) is 5.59. The van der Waals surface area contributed by atoms with Gasteiger partial charge >= 0.3 is 6.03 Å². The summed E-state index contributed by atoms with van der Waals surface area (Å²) in [6.45, 7) is 2.88. The fourth-order valence-electron chi connectivity index (χ4n) is 3.90. The van der Waals surface area contributed by atoms with E-state index in [1.807, 2.05) is 24.3 Å². The Hall–Kier alpha value is -2.31. The number of hydrogen-bond donors (Lipinski definition) is 2. The molecule has 0 aromatic heterocycles. The summed E-state index contributed by atoms with van der Waals surface area (Å²) in [5.41, 5.74) is 0.682. The molecule has 2 N–H and O–H groups in total. The van der Waals surface area contributed by atoms with Gasteiger partial charge in [0.25, 0.3) is 0 Å². The number of nitrogens with zero attached hydrogens (tertiary/aromatic N) is 2. The first-order valence-corrected chi connectivity index (χ1v) is 9.82. The van der Waals surface area contributed by atoms with E-state index in [9.17, 15) is 14.3 Å². The van der Waals surface area contributed by atoms with E-state index < -0.39 is 5.60 Å². The second-order valence-corrected chi connectivity index (χ2v) is 8.09. The fourth-order valence-corrected chi connectivity index (χ4v) is 4.03. The molecule has 5 nitrogen and oxygen atoms in total. The van der Waals surface area contributed by atoms with Crippen LogP contribution in [0.1, 0.15) is 12.0 Å². The van der Waals surface area contributed by atoms with E-state index in [1.54, 1.807) is 17.0 Å². The highest BCUT2D eigenvalue weighted by Gasteiger charge is 2.45. The van der Waals surface area contributed by atoms with Crippen molar-refractivity contribution in [3.8, 4) is 0 Å². The fraction of sp³-hybridized carbons (Fsp3) is 0.381. The molecule has 2 aliphatic rings. The van der Waals surface area contributed by atoms with Gasteiger partial charge in [-0.3, -0.25) is 0 Å². The van der Waals surface area contributed by atoms with Crippen LogP contribution in [-0.4, -0.2) is 48.8 Å². The first kappa shape index (κ1) is 19.0. The van der Waals surface area contributed by atoms with E-state index in [1.165, 1.54) is 12.1 Å². The molecule has 2 saturated heterocycles. The van der Waals surface area contributed by atoms with E-state index in [0.717, 1.165) is 30.2 Å². The Balaban J connectivity index is 1.23. The average molecular weight is 404 g/mol. The normalized spacial score (nSPS) is 20.8. The number of amides is 2. The molecule has 2 heterocycles. The smallest absolute Gasteiger partial charge is 0.317 e. The number of likely N-dealkylation sites (tertiary alicyclic amines) is 1. The molecule has 1 atom stereocenters. The SMILES string of the molecule is O=C(NCC1CCN(c2ccc(Cl)cc2)C1)N1CC(O)(c2ccc(F)cc2)C1. The maximum absolute atomic E-state index is 13.0. The van der Waals surface area contributed by atoms with Crippen molar-refractivity contribution in [1.82, 2.24) is 10.2 Å². The summed E-state index contributed by atoms with van der Waals surface area (Å²) in [5.74, 6) is 0.0439. The second-order valence-electron chi connectivity index (χ2n) is 7.66. The lowest BCUT2D eigenvalue weighted by atomic mass is 9.86. The molecule has 28 heavy (non-hydrogen) atoms. The third kappa shape index (κ3) is 3.93. The predicted molar refractivity (Wildman–Crippen MR) is 107 cm³/mol. The molecule has 4 rings (SSSR count). The summed E-state index contributed by atoms with van der Waals surface area (Å²) in [7, 11) is 0. The van der Waals surface area contributed by atoms with Crippen molar-refractivity contribution in [3.63, 3.8) is 0 Å². The van der Waals surface area contributed by atoms with Crippen LogP contribution in [0.2, 0.25) is 5.02 Å². The monoisotopic (exact) mass is 403 g/mol. The minimum absolute atomic E-state index is 0.170. The first-order chi connectivity index (χ1) is 13.4. The molecule has 0 spiro atoms. The van der Waals surface area contributed by atoms with Crippen molar-refractivity contribution in [2.45, 2.75) is 12.0 Å². The van der Waals surface area contributed by atoms with Crippen LogP contribution in [0.15, 0.2) is 48.5 Å². The number of carbonyl (C=O) groups is 1. The van der Waals surface area contributed by atoms with Gasteiger partial charge in [0.05, 0.1) is 13.1 Å². The maximum Gasteiger partial charge on any atom is 0.317 e. The minimum Gasteiger partial charge on any atom is -0.381 e. The Morgan fingerprint density at radius 2 is 1.86 bits per heavy atom. The van der Waals surface area contributed by atoms with Crippen LogP contribution in [0.5, 0.6) is 0 Å². The zero-order valence-electron chi connectivity index (χ0n) is 15.4. The highest BCUT2D eigenvalue weighted by Crippen LogP contribution is 2.32. The van der Waals surface area contributed by atoms with Crippen molar-refractivity contribution >= 4 is 23.3 Å². The second kappa shape index (κ2) is 7.60. The predicted octanol–water partition coefficient (Wildman–Crippen LogP) is 3.22. The minimum atomic E-state index is -1.09. The molecular weight excluding hydrogens is 381 g/mol. The van der Waals surface area contributed by atoms with Gasteiger partial charge in [0.15, 0.2) is 0 Å². The highest BCUT2D eigenvalue weighted by molar-refractivity contribution is 6.30. The molecule has 2 fully saturated rings. The summed E-state index contributed by atoms with van der Waals surface area (Å²) in [5, 5.41) is 14.3. The van der Waals surface area contributed by atoms with Crippen molar-refractivity contribution in [3.05, 3.63) is 64.9 Å². The van der Waals surface area contributed by atoms with Crippen LogP contribution in [0.3, 0.4) is 0 Å². The molecule has 7 heteroatoms. The molecular formula is C21H23ClFN3O2. The van der Waals surface area contributed by atoms with Gasteiger partial charge in [0.1, 0.15) is 11.4 Å². The summed E-state index contributed by atoms with van der Waals surface area (Å²) in [6.07, 6.45) is 1.02. The molecule has 2 aliphatic heterocycles. The Kier molecular flexibility index (Phi) is 5.17. The molecule has 0 bridgehead atoms. The summed E-state index contributed by atoms with van der Waals surface area (Å²) in [4.78, 5) is 16.2. The van der Waals surface area contributed by atoms with Gasteiger partial charge in [-0.1, -0.05) is 23.7 Å². The lowest BCUT2D eigenvalue weighted by molar-refractivity contribution is -0.0816. The van der Waals surface area contributed by atoms with Crippen molar-refractivity contribution in [2.24, 2.45) is 5.92 Å². The van der Waals surface area contributed by atoms with Crippen molar-refractivity contribution in [1.29, 1.82) is 0 Å². The number of hydrogen-bond acceptors (Lipinski definition) is 3. The molecule has 2 aromatic carbocycles. The lowest BCUT2D eigenvalue weighted by Gasteiger charge is -2.46. The van der Waals surface area contributed by atoms with Crippen LogP contribution in [-0.2, 0) is 5.60 Å².